The zero-order valence-corrected chi connectivity index (χ0v) is 13.7. The standard InChI is InChI=1S/C16H20BrF2NO/c1-10-6-7-13(18)14(15(10)19)16(21)20-9-12-5-3-2-4-11(12)8-17/h6-7,11-12H,2-5,8-9H2,1H3,(H,20,21). The van der Waals surface area contributed by atoms with Crippen molar-refractivity contribution in [3.63, 3.8) is 0 Å². The lowest BCUT2D eigenvalue weighted by Crippen LogP contribution is -2.35. The molecule has 1 saturated carbocycles. The van der Waals surface area contributed by atoms with Crippen LogP contribution >= 0.6 is 15.9 Å². The van der Waals surface area contributed by atoms with E-state index in [2.05, 4.69) is 21.2 Å². The topological polar surface area (TPSA) is 29.1 Å². The zero-order valence-electron chi connectivity index (χ0n) is 12.1. The Morgan fingerprint density at radius 3 is 2.62 bits per heavy atom. The Hall–Kier alpha value is -0.970. The van der Waals surface area contributed by atoms with E-state index in [4.69, 9.17) is 0 Å². The van der Waals surface area contributed by atoms with E-state index in [0.717, 1.165) is 30.7 Å². The predicted octanol–water partition coefficient (Wildman–Crippen LogP) is 4.20. The molecule has 1 N–H and O–H groups in total. The van der Waals surface area contributed by atoms with Crippen molar-refractivity contribution < 1.29 is 13.6 Å². The Kier molecular flexibility index (Phi) is 5.73. The Morgan fingerprint density at radius 1 is 1.29 bits per heavy atom. The van der Waals surface area contributed by atoms with E-state index in [1.165, 1.54) is 19.4 Å². The molecular formula is C16H20BrF2NO. The van der Waals surface area contributed by atoms with E-state index in [-0.39, 0.29) is 5.56 Å². The molecule has 0 aromatic heterocycles. The van der Waals surface area contributed by atoms with Crippen LogP contribution in [0.25, 0.3) is 0 Å². The number of hydrogen-bond acceptors (Lipinski definition) is 1. The minimum absolute atomic E-state index is 0.276. The molecule has 1 aromatic carbocycles. The number of alkyl halides is 1. The van der Waals surface area contributed by atoms with Crippen LogP contribution in [-0.4, -0.2) is 17.8 Å². The maximum Gasteiger partial charge on any atom is 0.257 e. The molecule has 1 amide bonds. The molecule has 0 aliphatic heterocycles. The lowest BCUT2D eigenvalue weighted by atomic mass is 9.80. The minimum atomic E-state index is -0.809. The third-order valence-electron chi connectivity index (χ3n) is 4.30. The maximum atomic E-state index is 13.9. The number of nitrogens with one attached hydrogen (secondary N) is 1. The quantitative estimate of drug-likeness (QED) is 0.801. The molecule has 0 saturated heterocycles. The van der Waals surface area contributed by atoms with Crippen LogP contribution in [0.1, 0.15) is 41.6 Å². The van der Waals surface area contributed by atoms with Crippen molar-refractivity contribution in [3.8, 4) is 0 Å². The van der Waals surface area contributed by atoms with Gasteiger partial charge in [0, 0.05) is 11.9 Å². The van der Waals surface area contributed by atoms with Crippen molar-refractivity contribution in [3.05, 3.63) is 34.9 Å². The first-order chi connectivity index (χ1) is 10.0. The monoisotopic (exact) mass is 359 g/mol. The summed E-state index contributed by atoms with van der Waals surface area (Å²) in [6.07, 6.45) is 4.55. The van der Waals surface area contributed by atoms with Gasteiger partial charge in [0.25, 0.3) is 5.91 Å². The maximum absolute atomic E-state index is 13.9. The first-order valence-corrected chi connectivity index (χ1v) is 8.45. The van der Waals surface area contributed by atoms with Gasteiger partial charge in [0.15, 0.2) is 0 Å². The summed E-state index contributed by atoms with van der Waals surface area (Å²) in [5.74, 6) is -1.35. The molecular weight excluding hydrogens is 340 g/mol. The number of carbonyl (C=O) groups excluding carboxylic acids is 1. The molecule has 1 aliphatic carbocycles. The van der Waals surface area contributed by atoms with Gasteiger partial charge in [-0.25, -0.2) is 8.78 Å². The molecule has 1 fully saturated rings. The Morgan fingerprint density at radius 2 is 1.95 bits per heavy atom. The summed E-state index contributed by atoms with van der Waals surface area (Å²) >= 11 is 3.50. The fraction of sp³-hybridized carbons (Fsp3) is 0.562. The average Bonchev–Trinajstić information content (AvgIpc) is 2.49. The van der Waals surface area contributed by atoms with E-state index in [9.17, 15) is 13.6 Å². The van der Waals surface area contributed by atoms with Gasteiger partial charge >= 0.3 is 0 Å². The SMILES string of the molecule is Cc1ccc(F)c(C(=O)NCC2CCCCC2CBr)c1F. The molecule has 21 heavy (non-hydrogen) atoms. The fourth-order valence-corrected chi connectivity index (χ4v) is 3.79. The molecule has 1 aliphatic rings. The highest BCUT2D eigenvalue weighted by molar-refractivity contribution is 9.09. The second kappa shape index (κ2) is 7.34. The van der Waals surface area contributed by atoms with Crippen LogP contribution in [0.2, 0.25) is 0 Å². The van der Waals surface area contributed by atoms with Gasteiger partial charge in [-0.15, -0.1) is 0 Å². The number of rotatable bonds is 4. The molecule has 2 rings (SSSR count). The van der Waals surface area contributed by atoms with Crippen molar-refractivity contribution >= 4 is 21.8 Å². The summed E-state index contributed by atoms with van der Waals surface area (Å²) in [6.45, 7) is 2.00. The number of amides is 1. The van der Waals surface area contributed by atoms with Gasteiger partial charge in [-0.1, -0.05) is 34.8 Å². The van der Waals surface area contributed by atoms with Crippen molar-refractivity contribution in [1.29, 1.82) is 0 Å². The van der Waals surface area contributed by atoms with Gasteiger partial charge in [-0.2, -0.15) is 0 Å². The number of carbonyl (C=O) groups is 1. The van der Waals surface area contributed by atoms with Crippen molar-refractivity contribution in [2.75, 3.05) is 11.9 Å². The normalized spacial score (nSPS) is 22.1. The Balaban J connectivity index is 2.03. The van der Waals surface area contributed by atoms with Gasteiger partial charge in [0.2, 0.25) is 0 Å². The van der Waals surface area contributed by atoms with Crippen LogP contribution in [0.4, 0.5) is 8.78 Å². The van der Waals surface area contributed by atoms with Gasteiger partial charge in [0.05, 0.1) is 0 Å². The summed E-state index contributed by atoms with van der Waals surface area (Å²) < 4.78 is 27.6. The fourth-order valence-electron chi connectivity index (χ4n) is 2.93. The van der Waals surface area contributed by atoms with E-state index >= 15 is 0 Å². The largest absolute Gasteiger partial charge is 0.352 e. The highest BCUT2D eigenvalue weighted by Gasteiger charge is 2.26. The van der Waals surface area contributed by atoms with Gasteiger partial charge in [-0.3, -0.25) is 4.79 Å². The molecule has 1 aromatic rings. The van der Waals surface area contributed by atoms with Crippen LogP contribution in [0.3, 0.4) is 0 Å². The molecule has 0 heterocycles. The third kappa shape index (κ3) is 3.82. The molecule has 116 valence electrons. The molecule has 2 unspecified atom stereocenters. The second-order valence-corrected chi connectivity index (χ2v) is 6.37. The van der Waals surface area contributed by atoms with E-state index in [0.29, 0.717) is 18.4 Å². The van der Waals surface area contributed by atoms with E-state index in [1.54, 1.807) is 0 Å². The van der Waals surface area contributed by atoms with Crippen LogP contribution in [-0.2, 0) is 0 Å². The molecule has 0 spiro atoms. The van der Waals surface area contributed by atoms with Crippen molar-refractivity contribution in [1.82, 2.24) is 5.32 Å². The summed E-state index contributed by atoms with van der Waals surface area (Å²) in [6, 6.07) is 2.47. The summed E-state index contributed by atoms with van der Waals surface area (Å²) in [5.41, 5.74) is -0.196. The summed E-state index contributed by atoms with van der Waals surface area (Å²) in [5, 5.41) is 3.61. The van der Waals surface area contributed by atoms with E-state index in [1.807, 2.05) is 0 Å². The van der Waals surface area contributed by atoms with Crippen molar-refractivity contribution in [2.24, 2.45) is 11.8 Å². The Labute approximate surface area is 132 Å². The number of hydrogen-bond donors (Lipinski definition) is 1. The van der Waals surface area contributed by atoms with Gasteiger partial charge in [0.1, 0.15) is 17.2 Å². The predicted molar refractivity (Wildman–Crippen MR) is 82.7 cm³/mol. The van der Waals surface area contributed by atoms with Crippen LogP contribution < -0.4 is 5.32 Å². The molecule has 0 bridgehead atoms. The highest BCUT2D eigenvalue weighted by atomic mass is 79.9. The van der Waals surface area contributed by atoms with Crippen LogP contribution in [0, 0.1) is 30.4 Å². The Bertz CT molecular complexity index is 521. The molecule has 2 atom stereocenters. The highest BCUT2D eigenvalue weighted by Crippen LogP contribution is 2.30. The smallest absolute Gasteiger partial charge is 0.257 e. The summed E-state index contributed by atoms with van der Waals surface area (Å²) in [4.78, 5) is 12.1. The lowest BCUT2D eigenvalue weighted by molar-refractivity contribution is 0.0928. The molecule has 2 nitrogen and oxygen atoms in total. The lowest BCUT2D eigenvalue weighted by Gasteiger charge is -2.30. The zero-order chi connectivity index (χ0) is 15.4. The number of aryl methyl sites for hydroxylation is 1. The average molecular weight is 360 g/mol. The van der Waals surface area contributed by atoms with Gasteiger partial charge < -0.3 is 5.32 Å². The first-order valence-electron chi connectivity index (χ1n) is 7.33. The molecule has 5 heteroatoms. The second-order valence-electron chi connectivity index (χ2n) is 5.72. The molecule has 0 radical (unpaired) electrons. The van der Waals surface area contributed by atoms with Gasteiger partial charge in [-0.05, 0) is 43.2 Å². The minimum Gasteiger partial charge on any atom is -0.352 e. The van der Waals surface area contributed by atoms with Crippen molar-refractivity contribution in [2.45, 2.75) is 32.6 Å². The summed E-state index contributed by atoms with van der Waals surface area (Å²) in [7, 11) is 0. The number of benzene rings is 1. The number of halogens is 3. The van der Waals surface area contributed by atoms with Crippen LogP contribution in [0.15, 0.2) is 12.1 Å². The van der Waals surface area contributed by atoms with Crippen LogP contribution in [0.5, 0.6) is 0 Å². The first kappa shape index (κ1) is 16.4. The third-order valence-corrected chi connectivity index (χ3v) is 5.13. The van der Waals surface area contributed by atoms with E-state index < -0.39 is 23.1 Å².